The van der Waals surface area contributed by atoms with Crippen LogP contribution in [0.2, 0.25) is 0 Å². The van der Waals surface area contributed by atoms with Gasteiger partial charge < -0.3 is 0 Å². The molecule has 0 saturated carbocycles. The first-order chi connectivity index (χ1) is 8.70. The van der Waals surface area contributed by atoms with Crippen LogP contribution in [0.25, 0.3) is 0 Å². The van der Waals surface area contributed by atoms with E-state index in [0.29, 0.717) is 11.4 Å². The molecule has 4 nitrogen and oxygen atoms in total. The molecule has 0 atom stereocenters. The van der Waals surface area contributed by atoms with E-state index in [1.807, 2.05) is 0 Å². The Kier molecular flexibility index (Phi) is 3.43. The van der Waals surface area contributed by atoms with Gasteiger partial charge in [-0.1, -0.05) is 6.58 Å². The highest BCUT2D eigenvalue weighted by molar-refractivity contribution is 6.08. The number of carbonyl (C=O) groups excluding carboxylic acids is 1. The molecule has 0 N–H and O–H groups in total. The van der Waals surface area contributed by atoms with E-state index >= 15 is 0 Å². The Morgan fingerprint density at radius 1 is 1.00 bits per heavy atom. The normalized spacial score (nSPS) is 9.83. The molecule has 0 saturated heterocycles. The molecule has 18 heavy (non-hydrogen) atoms. The number of carbonyl (C=O) groups is 1. The first-order valence-electron chi connectivity index (χ1n) is 5.19. The first-order valence-corrected chi connectivity index (χ1v) is 5.19. The van der Waals surface area contributed by atoms with Gasteiger partial charge in [-0.05, 0) is 24.3 Å². The predicted molar refractivity (Wildman–Crippen MR) is 65.9 cm³/mol. The van der Waals surface area contributed by atoms with Gasteiger partial charge in [0.2, 0.25) is 0 Å². The Bertz CT molecular complexity index is 517. The zero-order valence-electron chi connectivity index (χ0n) is 9.45. The number of anilines is 2. The quantitative estimate of drug-likeness (QED) is 0.778. The van der Waals surface area contributed by atoms with Gasteiger partial charge in [-0.3, -0.25) is 19.7 Å². The van der Waals surface area contributed by atoms with Crippen LogP contribution in [0.4, 0.5) is 15.8 Å². The lowest BCUT2D eigenvalue weighted by atomic mass is 10.2. The van der Waals surface area contributed by atoms with Crippen molar-refractivity contribution >= 4 is 17.3 Å². The van der Waals surface area contributed by atoms with Crippen molar-refractivity contribution in [1.82, 2.24) is 9.97 Å². The van der Waals surface area contributed by atoms with Crippen LogP contribution in [0.3, 0.4) is 0 Å². The van der Waals surface area contributed by atoms with Gasteiger partial charge in [0, 0.05) is 24.8 Å². The molecule has 2 rings (SSSR count). The summed E-state index contributed by atoms with van der Waals surface area (Å²) in [5.41, 5.74) is 1.03. The van der Waals surface area contributed by atoms with Gasteiger partial charge in [0.25, 0.3) is 5.91 Å². The van der Waals surface area contributed by atoms with Crippen molar-refractivity contribution in [2.24, 2.45) is 0 Å². The van der Waals surface area contributed by atoms with Crippen LogP contribution in [0.15, 0.2) is 61.5 Å². The van der Waals surface area contributed by atoms with Crippen LogP contribution < -0.4 is 4.90 Å². The fourth-order valence-electron chi connectivity index (χ4n) is 1.49. The fourth-order valence-corrected chi connectivity index (χ4v) is 1.49. The molecule has 0 aliphatic carbocycles. The number of rotatable bonds is 3. The highest BCUT2D eigenvalue weighted by Crippen LogP contribution is 2.25. The summed E-state index contributed by atoms with van der Waals surface area (Å²) in [7, 11) is 0. The standard InChI is InChI=1S/C13H10FN3O/c1-10(14)13(18)17(11-2-6-15-7-3-11)12-4-8-16-9-5-12/h2-9H,1H2. The van der Waals surface area contributed by atoms with Crippen LogP contribution >= 0.6 is 0 Å². The fraction of sp³-hybridized carbons (Fsp3) is 0. The van der Waals surface area contributed by atoms with Crippen molar-refractivity contribution in [3.8, 4) is 0 Å². The Hall–Kier alpha value is -2.56. The third kappa shape index (κ3) is 2.40. The molecular formula is C13H10FN3O. The van der Waals surface area contributed by atoms with E-state index in [-0.39, 0.29) is 0 Å². The molecule has 0 aliphatic rings. The molecule has 90 valence electrons. The van der Waals surface area contributed by atoms with Crippen LogP contribution in [0.5, 0.6) is 0 Å². The van der Waals surface area contributed by atoms with E-state index in [9.17, 15) is 9.18 Å². The molecule has 0 bridgehead atoms. The third-order valence-corrected chi connectivity index (χ3v) is 2.28. The number of amides is 1. The van der Waals surface area contributed by atoms with Gasteiger partial charge in [0.1, 0.15) is 0 Å². The minimum atomic E-state index is -1.02. The van der Waals surface area contributed by atoms with Crippen LogP contribution in [-0.4, -0.2) is 15.9 Å². The van der Waals surface area contributed by atoms with E-state index in [4.69, 9.17) is 0 Å². The summed E-state index contributed by atoms with van der Waals surface area (Å²) in [4.78, 5) is 20.8. The highest BCUT2D eigenvalue weighted by atomic mass is 19.1. The lowest BCUT2D eigenvalue weighted by Gasteiger charge is -2.21. The maximum atomic E-state index is 13.1. The second-order valence-corrected chi connectivity index (χ2v) is 3.46. The van der Waals surface area contributed by atoms with E-state index in [2.05, 4.69) is 16.5 Å². The van der Waals surface area contributed by atoms with Gasteiger partial charge >= 0.3 is 0 Å². The molecule has 0 spiro atoms. The van der Waals surface area contributed by atoms with Crippen LogP contribution in [-0.2, 0) is 4.79 Å². The highest BCUT2D eigenvalue weighted by Gasteiger charge is 2.20. The van der Waals surface area contributed by atoms with Crippen LogP contribution in [0, 0.1) is 0 Å². The number of nitrogens with zero attached hydrogens (tertiary/aromatic N) is 3. The summed E-state index contributed by atoms with van der Waals surface area (Å²) in [6.45, 7) is 3.04. The number of aromatic nitrogens is 2. The van der Waals surface area contributed by atoms with E-state index < -0.39 is 11.7 Å². The Labute approximate surface area is 103 Å². The average Bonchev–Trinajstić information content (AvgIpc) is 2.41. The zero-order valence-corrected chi connectivity index (χ0v) is 9.45. The predicted octanol–water partition coefficient (Wildman–Crippen LogP) is 2.62. The summed E-state index contributed by atoms with van der Waals surface area (Å²) in [5, 5.41) is 0. The summed E-state index contributed by atoms with van der Waals surface area (Å²) >= 11 is 0. The second kappa shape index (κ2) is 5.18. The number of hydrogen-bond donors (Lipinski definition) is 0. The second-order valence-electron chi connectivity index (χ2n) is 3.46. The van der Waals surface area contributed by atoms with Crippen molar-refractivity contribution in [1.29, 1.82) is 0 Å². The lowest BCUT2D eigenvalue weighted by Crippen LogP contribution is -2.25. The summed E-state index contributed by atoms with van der Waals surface area (Å²) in [6.07, 6.45) is 6.10. The van der Waals surface area contributed by atoms with Crippen molar-refractivity contribution in [3.63, 3.8) is 0 Å². The first kappa shape index (κ1) is 11.9. The smallest absolute Gasteiger partial charge is 0.275 e. The molecule has 5 heteroatoms. The van der Waals surface area contributed by atoms with E-state index in [1.165, 1.54) is 29.7 Å². The molecule has 0 unspecified atom stereocenters. The van der Waals surface area contributed by atoms with E-state index in [0.717, 1.165) is 0 Å². The SMILES string of the molecule is C=C(F)C(=O)N(c1ccncc1)c1ccncc1. The Balaban J connectivity index is 2.48. The maximum absolute atomic E-state index is 13.1. The minimum Gasteiger partial charge on any atom is -0.275 e. The van der Waals surface area contributed by atoms with Crippen LogP contribution in [0.1, 0.15) is 0 Å². The molecule has 0 aliphatic heterocycles. The van der Waals surface area contributed by atoms with Gasteiger partial charge in [-0.25, -0.2) is 4.39 Å². The van der Waals surface area contributed by atoms with Gasteiger partial charge in [-0.2, -0.15) is 0 Å². The molecule has 2 aromatic rings. The molecule has 1 amide bonds. The monoisotopic (exact) mass is 243 g/mol. The zero-order chi connectivity index (χ0) is 13.0. The van der Waals surface area contributed by atoms with Crippen molar-refractivity contribution in [2.75, 3.05) is 4.90 Å². The average molecular weight is 243 g/mol. The topological polar surface area (TPSA) is 46.1 Å². The number of hydrogen-bond acceptors (Lipinski definition) is 3. The van der Waals surface area contributed by atoms with Gasteiger partial charge in [0.15, 0.2) is 5.83 Å². The van der Waals surface area contributed by atoms with E-state index in [1.54, 1.807) is 24.3 Å². The summed E-state index contributed by atoms with van der Waals surface area (Å²) in [6, 6.07) is 6.45. The van der Waals surface area contributed by atoms with Crippen molar-refractivity contribution < 1.29 is 9.18 Å². The van der Waals surface area contributed by atoms with Crippen molar-refractivity contribution in [2.45, 2.75) is 0 Å². The molecule has 0 radical (unpaired) electrons. The Morgan fingerprint density at radius 3 is 1.72 bits per heavy atom. The largest absolute Gasteiger partial charge is 0.290 e. The number of pyridine rings is 2. The Morgan fingerprint density at radius 2 is 1.39 bits per heavy atom. The summed E-state index contributed by atoms with van der Waals surface area (Å²) in [5.74, 6) is -1.84. The molecule has 0 fully saturated rings. The maximum Gasteiger partial charge on any atom is 0.290 e. The molecular weight excluding hydrogens is 233 g/mol. The molecule has 2 heterocycles. The van der Waals surface area contributed by atoms with Crippen molar-refractivity contribution in [3.05, 3.63) is 61.5 Å². The van der Waals surface area contributed by atoms with Gasteiger partial charge in [0.05, 0.1) is 11.4 Å². The number of halogens is 1. The molecule has 2 aromatic heterocycles. The minimum absolute atomic E-state index is 0.514. The lowest BCUT2D eigenvalue weighted by molar-refractivity contribution is -0.115. The molecule has 0 aromatic carbocycles. The third-order valence-electron chi connectivity index (χ3n) is 2.28. The summed E-state index contributed by atoms with van der Waals surface area (Å²) < 4.78 is 13.1. The van der Waals surface area contributed by atoms with Gasteiger partial charge in [-0.15, -0.1) is 0 Å².